The van der Waals surface area contributed by atoms with E-state index in [-0.39, 0.29) is 29.7 Å². The van der Waals surface area contributed by atoms with Crippen molar-refractivity contribution in [2.75, 3.05) is 19.6 Å². The van der Waals surface area contributed by atoms with Crippen molar-refractivity contribution >= 4 is 23.4 Å². The molecule has 0 aromatic heterocycles. The van der Waals surface area contributed by atoms with Gasteiger partial charge in [0.05, 0.1) is 12.5 Å². The van der Waals surface area contributed by atoms with Crippen molar-refractivity contribution in [3.63, 3.8) is 0 Å². The van der Waals surface area contributed by atoms with Crippen LogP contribution in [0.15, 0.2) is 24.3 Å². The predicted molar refractivity (Wildman–Crippen MR) is 95.8 cm³/mol. The zero-order chi connectivity index (χ0) is 17.6. The van der Waals surface area contributed by atoms with E-state index in [1.807, 2.05) is 12.1 Å². The van der Waals surface area contributed by atoms with Crippen LogP contribution in [-0.4, -0.2) is 31.4 Å². The van der Waals surface area contributed by atoms with Crippen LogP contribution >= 0.6 is 11.6 Å². The van der Waals surface area contributed by atoms with E-state index in [2.05, 4.69) is 22.9 Å². The minimum Gasteiger partial charge on any atom is -0.355 e. The molecule has 1 aromatic rings. The highest BCUT2D eigenvalue weighted by Crippen LogP contribution is 2.27. The Labute approximate surface area is 148 Å². The number of amides is 2. The SMILES string of the molecule is CC(=O)NC(CC(=O)NCC1(C)CCNCC1)c1ccc(Cl)cc1. The van der Waals surface area contributed by atoms with Gasteiger partial charge in [0.15, 0.2) is 0 Å². The number of carbonyl (C=O) groups excluding carboxylic acids is 2. The van der Waals surface area contributed by atoms with Gasteiger partial charge in [-0.3, -0.25) is 9.59 Å². The zero-order valence-corrected chi connectivity index (χ0v) is 15.1. The van der Waals surface area contributed by atoms with Crippen LogP contribution in [0, 0.1) is 5.41 Å². The van der Waals surface area contributed by atoms with Crippen LogP contribution in [0.3, 0.4) is 0 Å². The Bertz CT molecular complexity index is 568. The van der Waals surface area contributed by atoms with Crippen LogP contribution in [0.4, 0.5) is 0 Å². The first-order valence-electron chi connectivity index (χ1n) is 8.38. The van der Waals surface area contributed by atoms with E-state index < -0.39 is 0 Å². The highest BCUT2D eigenvalue weighted by molar-refractivity contribution is 6.30. The summed E-state index contributed by atoms with van der Waals surface area (Å²) >= 11 is 5.91. The van der Waals surface area contributed by atoms with Crippen LogP contribution in [0.5, 0.6) is 0 Å². The van der Waals surface area contributed by atoms with Gasteiger partial charge in [-0.05, 0) is 49.0 Å². The van der Waals surface area contributed by atoms with Gasteiger partial charge in [-0.2, -0.15) is 0 Å². The summed E-state index contributed by atoms with van der Waals surface area (Å²) in [6.07, 6.45) is 2.33. The predicted octanol–water partition coefficient (Wildman–Crippen LogP) is 2.41. The molecule has 3 N–H and O–H groups in total. The smallest absolute Gasteiger partial charge is 0.222 e. The molecular formula is C18H26ClN3O2. The average molecular weight is 352 g/mol. The summed E-state index contributed by atoms with van der Waals surface area (Å²) < 4.78 is 0. The van der Waals surface area contributed by atoms with E-state index in [0.717, 1.165) is 31.5 Å². The maximum Gasteiger partial charge on any atom is 0.222 e. The van der Waals surface area contributed by atoms with Crippen LogP contribution < -0.4 is 16.0 Å². The van der Waals surface area contributed by atoms with Crippen molar-refractivity contribution in [1.29, 1.82) is 0 Å². The fraction of sp³-hybridized carbons (Fsp3) is 0.556. The molecule has 1 fully saturated rings. The summed E-state index contributed by atoms with van der Waals surface area (Å²) in [6, 6.07) is 6.86. The van der Waals surface area contributed by atoms with Crippen LogP contribution in [0.1, 0.15) is 44.7 Å². The lowest BCUT2D eigenvalue weighted by molar-refractivity contribution is -0.123. The van der Waals surface area contributed by atoms with E-state index in [0.29, 0.717) is 11.6 Å². The molecule has 1 aliphatic rings. The Morgan fingerprint density at radius 2 is 1.88 bits per heavy atom. The third-order valence-electron chi connectivity index (χ3n) is 4.56. The Morgan fingerprint density at radius 3 is 2.46 bits per heavy atom. The second kappa shape index (κ2) is 8.49. The monoisotopic (exact) mass is 351 g/mol. The molecule has 1 aliphatic heterocycles. The minimum absolute atomic E-state index is 0.0524. The van der Waals surface area contributed by atoms with Crippen molar-refractivity contribution < 1.29 is 9.59 Å². The first kappa shape index (κ1) is 18.7. The van der Waals surface area contributed by atoms with Crippen LogP contribution in [0.2, 0.25) is 5.02 Å². The Morgan fingerprint density at radius 1 is 1.25 bits per heavy atom. The zero-order valence-electron chi connectivity index (χ0n) is 14.3. The molecule has 1 unspecified atom stereocenters. The standard InChI is InChI=1S/C18H26ClN3O2/c1-13(23)22-16(14-3-5-15(19)6-4-14)11-17(24)21-12-18(2)7-9-20-10-8-18/h3-6,16,20H,7-12H2,1-2H3,(H,21,24)(H,22,23). The molecule has 132 valence electrons. The summed E-state index contributed by atoms with van der Waals surface area (Å²) in [5.41, 5.74) is 1.02. The van der Waals surface area contributed by atoms with Gasteiger partial charge >= 0.3 is 0 Å². The van der Waals surface area contributed by atoms with E-state index in [9.17, 15) is 9.59 Å². The first-order chi connectivity index (χ1) is 11.4. The number of benzene rings is 1. The van der Waals surface area contributed by atoms with E-state index in [1.54, 1.807) is 12.1 Å². The molecule has 0 aliphatic carbocycles. The molecule has 1 atom stereocenters. The number of piperidine rings is 1. The Hall–Kier alpha value is -1.59. The lowest BCUT2D eigenvalue weighted by atomic mass is 9.81. The highest BCUT2D eigenvalue weighted by Gasteiger charge is 2.27. The van der Waals surface area contributed by atoms with Gasteiger partial charge in [0, 0.05) is 18.5 Å². The summed E-state index contributed by atoms with van der Waals surface area (Å²) in [5, 5.41) is 9.84. The largest absolute Gasteiger partial charge is 0.355 e. The van der Waals surface area contributed by atoms with Gasteiger partial charge in [-0.15, -0.1) is 0 Å². The number of rotatable bonds is 6. The topological polar surface area (TPSA) is 70.2 Å². The normalized spacial score (nSPS) is 17.8. The molecule has 24 heavy (non-hydrogen) atoms. The summed E-state index contributed by atoms with van der Waals surface area (Å²) in [5.74, 6) is -0.212. The number of halogens is 1. The summed E-state index contributed by atoms with van der Waals surface area (Å²) in [4.78, 5) is 23.8. The number of carbonyl (C=O) groups is 2. The van der Waals surface area contributed by atoms with E-state index in [4.69, 9.17) is 11.6 Å². The molecule has 6 heteroatoms. The maximum absolute atomic E-state index is 12.4. The van der Waals surface area contributed by atoms with Crippen molar-refractivity contribution in [1.82, 2.24) is 16.0 Å². The molecule has 0 radical (unpaired) electrons. The van der Waals surface area contributed by atoms with Crippen LogP contribution in [0.25, 0.3) is 0 Å². The fourth-order valence-corrected chi connectivity index (χ4v) is 3.10. The molecule has 1 aromatic carbocycles. The van der Waals surface area contributed by atoms with Crippen molar-refractivity contribution in [3.8, 4) is 0 Å². The molecule has 2 rings (SSSR count). The van der Waals surface area contributed by atoms with E-state index in [1.165, 1.54) is 6.92 Å². The van der Waals surface area contributed by atoms with Crippen molar-refractivity contribution in [2.45, 2.75) is 39.2 Å². The minimum atomic E-state index is -0.347. The second-order valence-corrected chi connectivity index (χ2v) is 7.28. The van der Waals surface area contributed by atoms with Gasteiger partial charge in [-0.25, -0.2) is 0 Å². The molecule has 0 bridgehead atoms. The fourth-order valence-electron chi connectivity index (χ4n) is 2.97. The Kier molecular flexibility index (Phi) is 6.63. The molecule has 5 nitrogen and oxygen atoms in total. The Balaban J connectivity index is 1.94. The molecule has 1 heterocycles. The summed E-state index contributed by atoms with van der Waals surface area (Å²) in [6.45, 7) is 6.31. The van der Waals surface area contributed by atoms with Gasteiger partial charge in [0.2, 0.25) is 11.8 Å². The molecule has 0 spiro atoms. The van der Waals surface area contributed by atoms with Crippen molar-refractivity contribution in [3.05, 3.63) is 34.9 Å². The quantitative estimate of drug-likeness (QED) is 0.737. The molecule has 1 saturated heterocycles. The van der Waals surface area contributed by atoms with Crippen molar-refractivity contribution in [2.24, 2.45) is 5.41 Å². The van der Waals surface area contributed by atoms with Gasteiger partial charge < -0.3 is 16.0 Å². The third kappa shape index (κ3) is 5.80. The van der Waals surface area contributed by atoms with Crippen LogP contribution in [-0.2, 0) is 9.59 Å². The number of hydrogen-bond acceptors (Lipinski definition) is 3. The maximum atomic E-state index is 12.4. The van der Waals surface area contributed by atoms with Gasteiger partial charge in [-0.1, -0.05) is 30.7 Å². The van der Waals surface area contributed by atoms with E-state index >= 15 is 0 Å². The second-order valence-electron chi connectivity index (χ2n) is 6.85. The molecule has 2 amide bonds. The average Bonchev–Trinajstić information content (AvgIpc) is 2.53. The van der Waals surface area contributed by atoms with Gasteiger partial charge in [0.1, 0.15) is 0 Å². The first-order valence-corrected chi connectivity index (χ1v) is 8.76. The number of nitrogens with one attached hydrogen (secondary N) is 3. The lowest BCUT2D eigenvalue weighted by Crippen LogP contribution is -2.43. The third-order valence-corrected chi connectivity index (χ3v) is 4.81. The highest BCUT2D eigenvalue weighted by atomic mass is 35.5. The molecule has 0 saturated carbocycles. The lowest BCUT2D eigenvalue weighted by Gasteiger charge is -2.34. The molecular weight excluding hydrogens is 326 g/mol. The van der Waals surface area contributed by atoms with Gasteiger partial charge in [0.25, 0.3) is 0 Å². The number of hydrogen-bond donors (Lipinski definition) is 3. The summed E-state index contributed by atoms with van der Waals surface area (Å²) in [7, 11) is 0.